The highest BCUT2D eigenvalue weighted by atomic mass is 19.1. The molecule has 0 fully saturated rings. The molecule has 3 nitrogen and oxygen atoms in total. The summed E-state index contributed by atoms with van der Waals surface area (Å²) in [5, 5.41) is 10.6. The van der Waals surface area contributed by atoms with Crippen LogP contribution in [0.1, 0.15) is 16.9 Å². The smallest absolute Gasteiger partial charge is 0.352 e. The average molecular weight is 219 g/mol. The van der Waals surface area contributed by atoms with Gasteiger partial charge in [0.2, 0.25) is 0 Å². The molecule has 0 saturated heterocycles. The van der Waals surface area contributed by atoms with E-state index in [1.807, 2.05) is 12.2 Å². The lowest BCUT2D eigenvalue weighted by molar-refractivity contribution is 0.0685. The van der Waals surface area contributed by atoms with E-state index in [-0.39, 0.29) is 5.69 Å². The number of halogens is 1. The Bertz CT molecular complexity index is 624. The van der Waals surface area contributed by atoms with E-state index < -0.39 is 12.1 Å². The van der Waals surface area contributed by atoms with Crippen molar-refractivity contribution in [1.29, 1.82) is 0 Å². The summed E-state index contributed by atoms with van der Waals surface area (Å²) in [4.78, 5) is 11.0. The van der Waals surface area contributed by atoms with Gasteiger partial charge in [0.15, 0.2) is 0 Å². The van der Waals surface area contributed by atoms with Crippen LogP contribution >= 0.6 is 0 Å². The van der Waals surface area contributed by atoms with E-state index >= 15 is 0 Å². The van der Waals surface area contributed by atoms with Gasteiger partial charge in [0.25, 0.3) is 0 Å². The first-order valence-electron chi connectivity index (χ1n) is 5.15. The number of aromatic carboxylic acids is 1. The van der Waals surface area contributed by atoms with E-state index in [4.69, 9.17) is 5.11 Å². The van der Waals surface area contributed by atoms with Crippen molar-refractivity contribution in [1.82, 2.24) is 4.57 Å². The zero-order valence-corrected chi connectivity index (χ0v) is 8.48. The second-order valence-electron chi connectivity index (χ2n) is 4.06. The van der Waals surface area contributed by atoms with E-state index in [1.54, 1.807) is 10.6 Å². The third-order valence-electron chi connectivity index (χ3n) is 3.03. The van der Waals surface area contributed by atoms with Crippen LogP contribution in [0.2, 0.25) is 0 Å². The Hall–Kier alpha value is -1.84. The number of allylic oxidation sites excluding steroid dienone is 2. The molecular weight excluding hydrogens is 209 g/mol. The number of alkyl halides is 1. The van der Waals surface area contributed by atoms with Crippen LogP contribution in [0.4, 0.5) is 4.39 Å². The second-order valence-corrected chi connectivity index (χ2v) is 4.06. The zero-order valence-electron chi connectivity index (χ0n) is 8.48. The molecule has 0 saturated carbocycles. The van der Waals surface area contributed by atoms with Crippen LogP contribution in [0.15, 0.2) is 18.2 Å². The van der Waals surface area contributed by atoms with E-state index in [0.29, 0.717) is 18.2 Å². The van der Waals surface area contributed by atoms with E-state index in [9.17, 15) is 9.18 Å². The predicted molar refractivity (Wildman–Crippen MR) is 57.2 cm³/mol. The first kappa shape index (κ1) is 9.39. The van der Waals surface area contributed by atoms with Gasteiger partial charge in [-0.3, -0.25) is 0 Å². The van der Waals surface area contributed by atoms with Crippen LogP contribution in [0.25, 0.3) is 11.6 Å². The van der Waals surface area contributed by atoms with Gasteiger partial charge in [0.1, 0.15) is 11.9 Å². The molecule has 1 aromatic rings. The number of hydrogen-bond donors (Lipinski definition) is 1. The lowest BCUT2D eigenvalue weighted by atomic mass is 10.0. The van der Waals surface area contributed by atoms with Crippen molar-refractivity contribution >= 4 is 17.6 Å². The van der Waals surface area contributed by atoms with Crippen LogP contribution in [-0.2, 0) is 6.54 Å². The van der Waals surface area contributed by atoms with Gasteiger partial charge < -0.3 is 9.67 Å². The van der Waals surface area contributed by atoms with E-state index in [1.165, 1.54) is 6.08 Å². The maximum atomic E-state index is 13.4. The summed E-state index contributed by atoms with van der Waals surface area (Å²) in [6.07, 6.45) is 4.59. The molecule has 2 aliphatic rings. The van der Waals surface area contributed by atoms with Crippen molar-refractivity contribution in [3.8, 4) is 0 Å². The topological polar surface area (TPSA) is 42.2 Å². The number of rotatable bonds is 1. The standard InChI is InChI=1S/C12H10FNO2/c13-9-4-7-2-1-3-14-10(12(15)16)6-8(5-9)11(7)14/h1-2,5-6,9H,3-4H2,(H,15,16). The van der Waals surface area contributed by atoms with Crippen LogP contribution in [0, 0.1) is 0 Å². The fraction of sp³-hybridized carbons (Fsp3) is 0.250. The van der Waals surface area contributed by atoms with Crippen molar-refractivity contribution in [2.24, 2.45) is 0 Å². The molecule has 4 heteroatoms. The normalized spacial score (nSPS) is 21.6. The van der Waals surface area contributed by atoms with Gasteiger partial charge in [-0.05, 0) is 22.9 Å². The SMILES string of the molecule is O=C(O)c1cc2c3n1CC=CC=3CC(F)C=2. The van der Waals surface area contributed by atoms with Crippen LogP contribution in [0.3, 0.4) is 0 Å². The summed E-state index contributed by atoms with van der Waals surface area (Å²) >= 11 is 0. The fourth-order valence-corrected chi connectivity index (χ4v) is 2.43. The lowest BCUT2D eigenvalue weighted by Gasteiger charge is -2.15. The molecule has 1 N–H and O–H groups in total. The molecule has 0 spiro atoms. The van der Waals surface area contributed by atoms with Gasteiger partial charge >= 0.3 is 5.97 Å². The minimum Gasteiger partial charge on any atom is -0.477 e. The van der Waals surface area contributed by atoms with Gasteiger partial charge in [-0.2, -0.15) is 0 Å². The number of aromatic nitrogens is 1. The number of hydrogen-bond acceptors (Lipinski definition) is 1. The third kappa shape index (κ3) is 1.16. The number of nitrogens with zero attached hydrogens (tertiary/aromatic N) is 1. The molecule has 0 amide bonds. The first-order chi connectivity index (χ1) is 7.66. The van der Waals surface area contributed by atoms with Crippen molar-refractivity contribution < 1.29 is 14.3 Å². The zero-order chi connectivity index (χ0) is 11.3. The summed E-state index contributed by atoms with van der Waals surface area (Å²) in [6.45, 7) is 0.547. The van der Waals surface area contributed by atoms with Crippen molar-refractivity contribution in [2.45, 2.75) is 19.1 Å². The Morgan fingerprint density at radius 2 is 2.38 bits per heavy atom. The monoisotopic (exact) mass is 219 g/mol. The number of carbonyl (C=O) groups is 1. The van der Waals surface area contributed by atoms with Crippen LogP contribution < -0.4 is 10.6 Å². The summed E-state index contributed by atoms with van der Waals surface area (Å²) in [7, 11) is 0. The summed E-state index contributed by atoms with van der Waals surface area (Å²) < 4.78 is 15.1. The minimum absolute atomic E-state index is 0.234. The molecule has 1 aliphatic heterocycles. The molecule has 0 radical (unpaired) electrons. The van der Waals surface area contributed by atoms with Gasteiger partial charge in [0, 0.05) is 13.0 Å². The molecule has 82 valence electrons. The number of carboxylic acid groups (broad SMARTS) is 1. The van der Waals surface area contributed by atoms with E-state index in [0.717, 1.165) is 10.9 Å². The van der Waals surface area contributed by atoms with Crippen LogP contribution in [0.5, 0.6) is 0 Å². The highest BCUT2D eigenvalue weighted by Gasteiger charge is 2.20. The van der Waals surface area contributed by atoms with E-state index in [2.05, 4.69) is 0 Å². The Morgan fingerprint density at radius 1 is 1.56 bits per heavy atom. The number of carboxylic acids is 1. The largest absolute Gasteiger partial charge is 0.477 e. The Kier molecular flexibility index (Phi) is 1.80. The molecule has 1 aromatic heterocycles. The molecule has 1 atom stereocenters. The van der Waals surface area contributed by atoms with Gasteiger partial charge in [-0.15, -0.1) is 0 Å². The minimum atomic E-state index is -1.01. The molecule has 0 bridgehead atoms. The Balaban J connectivity index is 2.43. The molecule has 16 heavy (non-hydrogen) atoms. The Labute approximate surface area is 90.8 Å². The summed E-state index contributed by atoms with van der Waals surface area (Å²) in [5.41, 5.74) is 1.13. The molecule has 2 heterocycles. The van der Waals surface area contributed by atoms with Crippen LogP contribution in [-0.4, -0.2) is 21.8 Å². The quantitative estimate of drug-likeness (QED) is 0.744. The highest BCUT2D eigenvalue weighted by Crippen LogP contribution is 2.16. The average Bonchev–Trinajstić information content (AvgIpc) is 2.59. The van der Waals surface area contributed by atoms with Crippen molar-refractivity contribution in [3.05, 3.63) is 34.5 Å². The third-order valence-corrected chi connectivity index (χ3v) is 3.03. The van der Waals surface area contributed by atoms with Crippen molar-refractivity contribution in [3.63, 3.8) is 0 Å². The summed E-state index contributed by atoms with van der Waals surface area (Å²) in [5.74, 6) is -0.965. The first-order valence-corrected chi connectivity index (χ1v) is 5.15. The molecule has 3 rings (SSSR count). The molecule has 1 unspecified atom stereocenters. The highest BCUT2D eigenvalue weighted by molar-refractivity contribution is 5.86. The maximum absolute atomic E-state index is 13.4. The summed E-state index contributed by atoms with van der Waals surface area (Å²) in [6, 6.07) is 1.55. The van der Waals surface area contributed by atoms with Gasteiger partial charge in [-0.25, -0.2) is 9.18 Å². The lowest BCUT2D eigenvalue weighted by Crippen LogP contribution is -2.37. The van der Waals surface area contributed by atoms with Crippen molar-refractivity contribution in [2.75, 3.05) is 0 Å². The maximum Gasteiger partial charge on any atom is 0.352 e. The fourth-order valence-electron chi connectivity index (χ4n) is 2.43. The molecule has 1 aliphatic carbocycles. The predicted octanol–water partition coefficient (Wildman–Crippen LogP) is 0.429. The van der Waals surface area contributed by atoms with Gasteiger partial charge in [0.05, 0.1) is 5.35 Å². The molecule has 0 aromatic carbocycles. The molecular formula is C12H10FNO2. The van der Waals surface area contributed by atoms with Gasteiger partial charge in [-0.1, -0.05) is 12.2 Å². The second kappa shape index (κ2) is 3.07. The Morgan fingerprint density at radius 3 is 3.12 bits per heavy atom.